The van der Waals surface area contributed by atoms with Crippen LogP contribution < -0.4 is 5.32 Å². The SMILES string of the molecule is Cn1cc(/C=C2\SC(=Nc3cc(Cl)ccc3O)NC2=O)c2ccccc21. The van der Waals surface area contributed by atoms with Crippen LogP contribution in [0.1, 0.15) is 5.56 Å². The van der Waals surface area contributed by atoms with Crippen LogP contribution in [0, 0.1) is 0 Å². The van der Waals surface area contributed by atoms with Gasteiger partial charge in [-0.2, -0.15) is 0 Å². The molecule has 1 aliphatic rings. The molecule has 1 saturated heterocycles. The van der Waals surface area contributed by atoms with Crippen molar-refractivity contribution in [3.8, 4) is 5.75 Å². The Hall–Kier alpha value is -2.70. The lowest BCUT2D eigenvalue weighted by Crippen LogP contribution is -2.19. The maximum atomic E-state index is 12.3. The molecular weight excluding hydrogens is 370 g/mol. The van der Waals surface area contributed by atoms with E-state index in [2.05, 4.69) is 10.3 Å². The summed E-state index contributed by atoms with van der Waals surface area (Å²) in [4.78, 5) is 17.1. The Morgan fingerprint density at radius 1 is 1.27 bits per heavy atom. The summed E-state index contributed by atoms with van der Waals surface area (Å²) in [5, 5.41) is 14.5. The molecule has 130 valence electrons. The fourth-order valence-corrected chi connectivity index (χ4v) is 3.80. The fraction of sp³-hybridized carbons (Fsp3) is 0.0526. The van der Waals surface area contributed by atoms with Gasteiger partial charge in [0.15, 0.2) is 5.17 Å². The normalized spacial score (nSPS) is 17.4. The maximum Gasteiger partial charge on any atom is 0.264 e. The second-order valence-corrected chi connectivity index (χ2v) is 7.29. The smallest absolute Gasteiger partial charge is 0.264 e. The number of carbonyl (C=O) groups is 1. The zero-order valence-electron chi connectivity index (χ0n) is 13.7. The number of fused-ring (bicyclic) bond motifs is 1. The molecule has 3 aromatic rings. The number of benzene rings is 2. The number of aromatic hydroxyl groups is 1. The molecule has 26 heavy (non-hydrogen) atoms. The van der Waals surface area contributed by atoms with Gasteiger partial charge in [0.2, 0.25) is 0 Å². The number of hydrogen-bond donors (Lipinski definition) is 2. The minimum atomic E-state index is -0.219. The Kier molecular flexibility index (Phi) is 4.22. The number of rotatable bonds is 2. The van der Waals surface area contributed by atoms with Crippen LogP contribution in [-0.4, -0.2) is 20.7 Å². The number of nitrogens with zero attached hydrogens (tertiary/aromatic N) is 2. The zero-order chi connectivity index (χ0) is 18.3. The molecule has 1 aliphatic heterocycles. The van der Waals surface area contributed by atoms with Crippen LogP contribution in [-0.2, 0) is 11.8 Å². The molecule has 5 nitrogen and oxygen atoms in total. The molecule has 0 aliphatic carbocycles. The summed E-state index contributed by atoms with van der Waals surface area (Å²) in [6.45, 7) is 0. The van der Waals surface area contributed by atoms with Crippen LogP contribution in [0.4, 0.5) is 5.69 Å². The lowest BCUT2D eigenvalue weighted by atomic mass is 10.1. The van der Waals surface area contributed by atoms with Crippen molar-refractivity contribution in [2.75, 3.05) is 0 Å². The minimum Gasteiger partial charge on any atom is -0.506 e. The first-order chi connectivity index (χ1) is 12.5. The number of para-hydroxylation sites is 1. The number of phenols is 1. The third-order valence-electron chi connectivity index (χ3n) is 4.02. The molecule has 0 unspecified atom stereocenters. The molecule has 0 spiro atoms. The summed E-state index contributed by atoms with van der Waals surface area (Å²) >= 11 is 7.16. The van der Waals surface area contributed by atoms with Crippen LogP contribution in [0.25, 0.3) is 17.0 Å². The van der Waals surface area contributed by atoms with Crippen molar-refractivity contribution in [2.24, 2.45) is 12.0 Å². The van der Waals surface area contributed by atoms with E-state index in [1.54, 1.807) is 12.1 Å². The van der Waals surface area contributed by atoms with Crippen molar-refractivity contribution in [2.45, 2.75) is 0 Å². The number of aromatic nitrogens is 1. The van der Waals surface area contributed by atoms with Gasteiger partial charge in [0.25, 0.3) is 5.91 Å². The fourth-order valence-electron chi connectivity index (χ4n) is 2.81. The van der Waals surface area contributed by atoms with Crippen molar-refractivity contribution in [1.29, 1.82) is 0 Å². The molecule has 0 bridgehead atoms. The van der Waals surface area contributed by atoms with Gasteiger partial charge in [0.05, 0.1) is 4.91 Å². The molecule has 2 aromatic carbocycles. The van der Waals surface area contributed by atoms with E-state index in [4.69, 9.17) is 11.6 Å². The molecule has 2 heterocycles. The molecule has 7 heteroatoms. The Balaban J connectivity index is 1.68. The van der Waals surface area contributed by atoms with Crippen molar-refractivity contribution in [3.05, 3.63) is 64.2 Å². The van der Waals surface area contributed by atoms with E-state index in [0.717, 1.165) is 16.5 Å². The van der Waals surface area contributed by atoms with E-state index in [1.165, 1.54) is 17.8 Å². The highest BCUT2D eigenvalue weighted by Gasteiger charge is 2.24. The molecule has 4 rings (SSSR count). The molecule has 0 saturated carbocycles. The van der Waals surface area contributed by atoms with Gasteiger partial charge in [-0.1, -0.05) is 29.8 Å². The van der Waals surface area contributed by atoms with Gasteiger partial charge in [0, 0.05) is 34.7 Å². The van der Waals surface area contributed by atoms with Gasteiger partial charge in [-0.15, -0.1) is 0 Å². The third-order valence-corrected chi connectivity index (χ3v) is 5.17. The Morgan fingerprint density at radius 2 is 2.08 bits per heavy atom. The molecular formula is C19H14ClN3O2S. The average Bonchev–Trinajstić information content (AvgIpc) is 3.12. The van der Waals surface area contributed by atoms with Gasteiger partial charge in [-0.3, -0.25) is 4.79 Å². The van der Waals surface area contributed by atoms with Crippen LogP contribution in [0.5, 0.6) is 5.75 Å². The predicted octanol–water partition coefficient (Wildman–Crippen LogP) is 4.43. The van der Waals surface area contributed by atoms with Crippen LogP contribution in [0.3, 0.4) is 0 Å². The van der Waals surface area contributed by atoms with E-state index in [0.29, 0.717) is 20.8 Å². The highest BCUT2D eigenvalue weighted by molar-refractivity contribution is 8.18. The first kappa shape index (κ1) is 16.8. The summed E-state index contributed by atoms with van der Waals surface area (Å²) in [6, 6.07) is 12.6. The number of thioether (sulfide) groups is 1. The van der Waals surface area contributed by atoms with E-state index in [-0.39, 0.29) is 11.7 Å². The quantitative estimate of drug-likeness (QED) is 0.643. The minimum absolute atomic E-state index is 0.00299. The highest BCUT2D eigenvalue weighted by atomic mass is 35.5. The lowest BCUT2D eigenvalue weighted by molar-refractivity contribution is -0.115. The Labute approximate surface area is 159 Å². The van der Waals surface area contributed by atoms with Crippen LogP contribution in [0.15, 0.2) is 58.6 Å². The summed E-state index contributed by atoms with van der Waals surface area (Å²) in [5.41, 5.74) is 2.37. The van der Waals surface area contributed by atoms with Crippen LogP contribution in [0.2, 0.25) is 5.02 Å². The Bertz CT molecular complexity index is 1100. The molecule has 0 atom stereocenters. The third kappa shape index (κ3) is 3.09. The predicted molar refractivity (Wildman–Crippen MR) is 107 cm³/mol. The standard InChI is InChI=1S/C19H14ClN3O2S/c1-23-10-11(13-4-2-3-5-15(13)23)8-17-18(25)22-19(26-17)21-14-9-12(20)6-7-16(14)24/h2-10,24H,1H3,(H,21,22,25)/b17-8-. The topological polar surface area (TPSA) is 66.6 Å². The first-order valence-corrected chi connectivity index (χ1v) is 9.03. The second kappa shape index (κ2) is 6.55. The van der Waals surface area contributed by atoms with Gasteiger partial charge < -0.3 is 15.0 Å². The van der Waals surface area contributed by atoms with E-state index in [1.807, 2.05) is 48.2 Å². The van der Waals surface area contributed by atoms with E-state index in [9.17, 15) is 9.90 Å². The largest absolute Gasteiger partial charge is 0.506 e. The highest BCUT2D eigenvalue weighted by Crippen LogP contribution is 2.34. The summed E-state index contributed by atoms with van der Waals surface area (Å²) in [7, 11) is 1.97. The van der Waals surface area contributed by atoms with Crippen molar-refractivity contribution in [1.82, 2.24) is 9.88 Å². The number of nitrogens with one attached hydrogen (secondary N) is 1. The number of carbonyl (C=O) groups excluding carboxylic acids is 1. The number of amides is 1. The molecule has 2 N–H and O–H groups in total. The average molecular weight is 384 g/mol. The second-order valence-electron chi connectivity index (χ2n) is 5.83. The number of hydrogen-bond acceptors (Lipinski definition) is 4. The number of amidine groups is 1. The molecule has 1 fully saturated rings. The van der Waals surface area contributed by atoms with Crippen LogP contribution >= 0.6 is 23.4 Å². The zero-order valence-corrected chi connectivity index (χ0v) is 15.3. The van der Waals surface area contributed by atoms with Crippen molar-refractivity contribution in [3.63, 3.8) is 0 Å². The van der Waals surface area contributed by atoms with Gasteiger partial charge in [-0.05, 0) is 42.1 Å². The lowest BCUT2D eigenvalue weighted by Gasteiger charge is -2.00. The summed E-state index contributed by atoms with van der Waals surface area (Å²) < 4.78 is 2.03. The van der Waals surface area contributed by atoms with E-state index >= 15 is 0 Å². The summed E-state index contributed by atoms with van der Waals surface area (Å²) in [5.74, 6) is -0.216. The number of aliphatic imine (C=N–C) groups is 1. The number of phenolic OH excluding ortho intramolecular Hbond substituents is 1. The van der Waals surface area contributed by atoms with Gasteiger partial charge in [0.1, 0.15) is 11.4 Å². The maximum absolute atomic E-state index is 12.3. The number of halogens is 1. The Morgan fingerprint density at radius 3 is 2.92 bits per heavy atom. The molecule has 0 radical (unpaired) electrons. The molecule has 1 aromatic heterocycles. The van der Waals surface area contributed by atoms with Gasteiger partial charge in [-0.25, -0.2) is 4.99 Å². The first-order valence-electron chi connectivity index (χ1n) is 7.83. The van der Waals surface area contributed by atoms with Crippen molar-refractivity contribution >= 4 is 57.1 Å². The van der Waals surface area contributed by atoms with E-state index < -0.39 is 0 Å². The summed E-state index contributed by atoms with van der Waals surface area (Å²) in [6.07, 6.45) is 3.84. The molecule has 1 amide bonds. The monoisotopic (exact) mass is 383 g/mol. The number of aryl methyl sites for hydroxylation is 1. The van der Waals surface area contributed by atoms with Gasteiger partial charge >= 0.3 is 0 Å². The van der Waals surface area contributed by atoms with Crippen molar-refractivity contribution < 1.29 is 9.90 Å².